The third-order valence-electron chi connectivity index (χ3n) is 2.84. The molecule has 0 unspecified atom stereocenters. The van der Waals surface area contributed by atoms with Crippen LogP contribution >= 0.6 is 23.4 Å². The Hall–Kier alpha value is -1.86. The van der Waals surface area contributed by atoms with Gasteiger partial charge < -0.3 is 5.32 Å². The Morgan fingerprint density at radius 1 is 1.36 bits per heavy atom. The molecular weight excluding hydrogens is 331 g/mol. The Morgan fingerprint density at radius 3 is 2.77 bits per heavy atom. The molecule has 0 radical (unpaired) electrons. The van der Waals surface area contributed by atoms with Gasteiger partial charge in [0.25, 0.3) is 11.1 Å². The lowest BCUT2D eigenvalue weighted by molar-refractivity contribution is -0.123. The largest absolute Gasteiger partial charge is 0.353 e. The van der Waals surface area contributed by atoms with E-state index in [1.165, 1.54) is 24.3 Å². The summed E-state index contributed by atoms with van der Waals surface area (Å²) >= 11 is 6.07. The van der Waals surface area contributed by atoms with Crippen LogP contribution in [-0.4, -0.2) is 40.9 Å². The minimum atomic E-state index is -0.502. The minimum Gasteiger partial charge on any atom is -0.353 e. The van der Waals surface area contributed by atoms with Crippen LogP contribution in [0.4, 0.5) is 9.18 Å². The summed E-state index contributed by atoms with van der Waals surface area (Å²) in [5.41, 5.74) is 0.239. The standard InChI is InChI=1S/C14H12ClFN2O3S/c15-8-12(19)17-5-6-18-13(20)11(22-14(18)21)7-9-3-1-2-4-10(9)16/h1-4,7H,5-6,8H2,(H,17,19). The van der Waals surface area contributed by atoms with Crippen LogP contribution in [0.2, 0.25) is 0 Å². The summed E-state index contributed by atoms with van der Waals surface area (Å²) in [6.45, 7) is 0.165. The maximum Gasteiger partial charge on any atom is 0.293 e. The van der Waals surface area contributed by atoms with Crippen molar-refractivity contribution in [2.24, 2.45) is 0 Å². The summed E-state index contributed by atoms with van der Waals surface area (Å²) in [6.07, 6.45) is 1.34. The van der Waals surface area contributed by atoms with Gasteiger partial charge in [0.05, 0.1) is 4.91 Å². The zero-order chi connectivity index (χ0) is 16.1. The highest BCUT2D eigenvalue weighted by molar-refractivity contribution is 8.18. The van der Waals surface area contributed by atoms with E-state index in [-0.39, 0.29) is 35.3 Å². The molecule has 3 amide bonds. The molecule has 0 bridgehead atoms. The van der Waals surface area contributed by atoms with Gasteiger partial charge in [-0.15, -0.1) is 11.6 Å². The number of hydrogen-bond acceptors (Lipinski definition) is 4. The lowest BCUT2D eigenvalue weighted by Gasteiger charge is -2.12. The van der Waals surface area contributed by atoms with E-state index in [0.717, 1.165) is 16.7 Å². The van der Waals surface area contributed by atoms with E-state index in [1.807, 2.05) is 0 Å². The molecule has 1 aliphatic rings. The van der Waals surface area contributed by atoms with Crippen molar-refractivity contribution in [1.29, 1.82) is 0 Å². The molecule has 1 saturated heterocycles. The van der Waals surface area contributed by atoms with Crippen LogP contribution in [0.1, 0.15) is 5.56 Å². The maximum absolute atomic E-state index is 13.6. The highest BCUT2D eigenvalue weighted by Gasteiger charge is 2.34. The topological polar surface area (TPSA) is 66.5 Å². The van der Waals surface area contributed by atoms with Crippen molar-refractivity contribution in [3.63, 3.8) is 0 Å². The van der Waals surface area contributed by atoms with Gasteiger partial charge in [-0.3, -0.25) is 19.3 Å². The molecule has 0 aromatic heterocycles. The lowest BCUT2D eigenvalue weighted by atomic mass is 10.2. The highest BCUT2D eigenvalue weighted by atomic mass is 35.5. The Labute approximate surface area is 135 Å². The van der Waals surface area contributed by atoms with E-state index in [9.17, 15) is 18.8 Å². The molecule has 1 fully saturated rings. The second-order valence-electron chi connectivity index (χ2n) is 4.34. The van der Waals surface area contributed by atoms with Gasteiger partial charge in [-0.05, 0) is 23.9 Å². The molecule has 1 aliphatic heterocycles. The van der Waals surface area contributed by atoms with Crippen molar-refractivity contribution in [3.8, 4) is 0 Å². The summed E-state index contributed by atoms with van der Waals surface area (Å²) < 4.78 is 13.6. The van der Waals surface area contributed by atoms with Crippen molar-refractivity contribution in [3.05, 3.63) is 40.6 Å². The molecule has 1 aromatic carbocycles. The van der Waals surface area contributed by atoms with Crippen LogP contribution in [0.15, 0.2) is 29.2 Å². The van der Waals surface area contributed by atoms with Gasteiger partial charge in [0.15, 0.2) is 0 Å². The van der Waals surface area contributed by atoms with Crippen molar-refractivity contribution in [1.82, 2.24) is 10.2 Å². The molecule has 5 nitrogen and oxygen atoms in total. The van der Waals surface area contributed by atoms with E-state index in [2.05, 4.69) is 5.32 Å². The number of nitrogens with one attached hydrogen (secondary N) is 1. The Balaban J connectivity index is 2.05. The smallest absolute Gasteiger partial charge is 0.293 e. The zero-order valence-electron chi connectivity index (χ0n) is 11.3. The van der Waals surface area contributed by atoms with Crippen LogP contribution in [0, 0.1) is 5.82 Å². The number of halogens is 2. The molecule has 8 heteroatoms. The van der Waals surface area contributed by atoms with E-state index >= 15 is 0 Å². The number of carbonyl (C=O) groups is 3. The first-order valence-corrected chi connectivity index (χ1v) is 7.70. The molecule has 1 N–H and O–H groups in total. The third kappa shape index (κ3) is 3.86. The normalized spacial score (nSPS) is 16.5. The van der Waals surface area contributed by atoms with Crippen molar-refractivity contribution in [2.45, 2.75) is 0 Å². The lowest BCUT2D eigenvalue weighted by Crippen LogP contribution is -2.37. The van der Waals surface area contributed by atoms with Crippen LogP contribution in [0.5, 0.6) is 0 Å². The van der Waals surface area contributed by atoms with Gasteiger partial charge in [0.2, 0.25) is 5.91 Å². The zero-order valence-corrected chi connectivity index (χ0v) is 12.9. The van der Waals surface area contributed by atoms with E-state index in [0.29, 0.717) is 0 Å². The summed E-state index contributed by atoms with van der Waals surface area (Å²) in [5.74, 6) is -1.53. The summed E-state index contributed by atoms with van der Waals surface area (Å²) in [7, 11) is 0. The number of carbonyl (C=O) groups excluding carboxylic acids is 3. The van der Waals surface area contributed by atoms with Gasteiger partial charge in [-0.2, -0.15) is 0 Å². The quantitative estimate of drug-likeness (QED) is 0.658. The number of rotatable bonds is 5. The van der Waals surface area contributed by atoms with Crippen LogP contribution in [0.25, 0.3) is 6.08 Å². The first kappa shape index (κ1) is 16.5. The molecule has 1 heterocycles. The summed E-state index contributed by atoms with van der Waals surface area (Å²) in [6, 6.07) is 5.97. The van der Waals surface area contributed by atoms with Gasteiger partial charge in [-0.1, -0.05) is 18.2 Å². The van der Waals surface area contributed by atoms with Gasteiger partial charge in [-0.25, -0.2) is 4.39 Å². The fourth-order valence-corrected chi connectivity index (χ4v) is 2.73. The molecule has 0 atom stereocenters. The first-order valence-electron chi connectivity index (χ1n) is 6.35. The molecular formula is C14H12ClFN2O3S. The Morgan fingerprint density at radius 2 is 2.09 bits per heavy atom. The number of amides is 3. The molecule has 116 valence electrons. The SMILES string of the molecule is O=C(CCl)NCCN1C(=O)SC(=Cc2ccccc2F)C1=O. The monoisotopic (exact) mass is 342 g/mol. The minimum absolute atomic E-state index is 0.0436. The molecule has 22 heavy (non-hydrogen) atoms. The average molecular weight is 343 g/mol. The third-order valence-corrected chi connectivity index (χ3v) is 3.99. The number of hydrogen-bond donors (Lipinski definition) is 1. The predicted molar refractivity (Wildman–Crippen MR) is 82.8 cm³/mol. The number of imide groups is 1. The maximum atomic E-state index is 13.6. The van der Waals surface area contributed by atoms with E-state index in [4.69, 9.17) is 11.6 Å². The number of benzene rings is 1. The Kier molecular flexibility index (Phi) is 5.57. The van der Waals surface area contributed by atoms with Crippen LogP contribution in [-0.2, 0) is 9.59 Å². The molecule has 0 spiro atoms. The number of nitrogens with zero attached hydrogens (tertiary/aromatic N) is 1. The Bertz CT molecular complexity index is 651. The first-order chi connectivity index (χ1) is 10.5. The molecule has 0 aliphatic carbocycles. The van der Waals surface area contributed by atoms with E-state index in [1.54, 1.807) is 6.07 Å². The number of alkyl halides is 1. The van der Waals surface area contributed by atoms with Gasteiger partial charge >= 0.3 is 0 Å². The van der Waals surface area contributed by atoms with Crippen molar-refractivity contribution >= 4 is 46.5 Å². The van der Waals surface area contributed by atoms with Gasteiger partial charge in [0.1, 0.15) is 11.7 Å². The van der Waals surface area contributed by atoms with Crippen molar-refractivity contribution in [2.75, 3.05) is 19.0 Å². The fraction of sp³-hybridized carbons (Fsp3) is 0.214. The molecule has 0 saturated carbocycles. The van der Waals surface area contributed by atoms with E-state index < -0.39 is 17.0 Å². The molecule has 1 aromatic rings. The summed E-state index contributed by atoms with van der Waals surface area (Å²) in [5, 5.41) is 2.02. The van der Waals surface area contributed by atoms with Crippen LogP contribution < -0.4 is 5.32 Å². The van der Waals surface area contributed by atoms with Gasteiger partial charge in [0, 0.05) is 18.7 Å². The second-order valence-corrected chi connectivity index (χ2v) is 5.60. The molecule has 2 rings (SSSR count). The van der Waals surface area contributed by atoms with Crippen LogP contribution in [0.3, 0.4) is 0 Å². The number of thioether (sulfide) groups is 1. The second kappa shape index (κ2) is 7.42. The van der Waals surface area contributed by atoms with Crippen molar-refractivity contribution < 1.29 is 18.8 Å². The summed E-state index contributed by atoms with van der Waals surface area (Å²) in [4.78, 5) is 36.1. The highest BCUT2D eigenvalue weighted by Crippen LogP contribution is 2.32. The average Bonchev–Trinajstić information content (AvgIpc) is 2.76. The fourth-order valence-electron chi connectivity index (χ4n) is 1.78. The predicted octanol–water partition coefficient (Wildman–Crippen LogP) is 2.22.